The molecule has 164 valence electrons. The van der Waals surface area contributed by atoms with E-state index >= 15 is 0 Å². The van der Waals surface area contributed by atoms with Gasteiger partial charge in [-0.3, -0.25) is 14.4 Å². The first-order valence-electron chi connectivity index (χ1n) is 11.3. The molecular weight excluding hydrogens is 388 g/mol. The number of likely N-dealkylation sites (tertiary alicyclic amines) is 1. The molecule has 5 heteroatoms. The Labute approximate surface area is 184 Å². The number of carbonyl (C=O) groups is 3. The van der Waals surface area contributed by atoms with Crippen molar-refractivity contribution >= 4 is 17.6 Å². The molecule has 1 fully saturated rings. The lowest BCUT2D eigenvalue weighted by molar-refractivity contribution is -0.139. The van der Waals surface area contributed by atoms with Crippen LogP contribution < -0.4 is 5.32 Å². The summed E-state index contributed by atoms with van der Waals surface area (Å²) in [5.41, 5.74) is 1.62. The topological polar surface area (TPSA) is 66.5 Å². The van der Waals surface area contributed by atoms with Crippen LogP contribution in [0.25, 0.3) is 0 Å². The van der Waals surface area contributed by atoms with Crippen molar-refractivity contribution in [2.75, 3.05) is 6.54 Å². The number of hydrogen-bond donors (Lipinski definition) is 1. The summed E-state index contributed by atoms with van der Waals surface area (Å²) in [6, 6.07) is 18.3. The number of piperidine rings is 1. The number of nitrogens with one attached hydrogen (secondary N) is 1. The normalized spacial score (nSPS) is 17.1. The van der Waals surface area contributed by atoms with Gasteiger partial charge in [-0.25, -0.2) is 0 Å². The average molecular weight is 421 g/mol. The van der Waals surface area contributed by atoms with Crippen molar-refractivity contribution in [3.63, 3.8) is 0 Å². The van der Waals surface area contributed by atoms with Gasteiger partial charge in [0.25, 0.3) is 5.91 Å². The highest BCUT2D eigenvalue weighted by Gasteiger charge is 2.35. The number of carbonyl (C=O) groups excluding carboxylic acids is 3. The first-order chi connectivity index (χ1) is 15.1. The Balaban J connectivity index is 1.65. The minimum absolute atomic E-state index is 0.0569. The molecule has 0 aromatic heterocycles. The molecule has 2 atom stereocenters. The fourth-order valence-electron chi connectivity index (χ4n) is 4.21. The van der Waals surface area contributed by atoms with Crippen molar-refractivity contribution < 1.29 is 14.4 Å². The maximum absolute atomic E-state index is 13.2. The summed E-state index contributed by atoms with van der Waals surface area (Å²) in [7, 11) is 0. The van der Waals surface area contributed by atoms with Gasteiger partial charge in [-0.05, 0) is 44.1 Å². The SMILES string of the molecule is CCC[C@@H](CCc1ccccc1)NC(=O)[C@@H]1CCCCN1C(=O)C(=O)c1ccccc1. The van der Waals surface area contributed by atoms with Crippen LogP contribution in [0.2, 0.25) is 0 Å². The van der Waals surface area contributed by atoms with Crippen LogP contribution in [0.5, 0.6) is 0 Å². The molecular formula is C26H32N2O3. The third-order valence-electron chi connectivity index (χ3n) is 5.90. The summed E-state index contributed by atoms with van der Waals surface area (Å²) in [5.74, 6) is -1.27. The number of Topliss-reactive ketones (excluding diaryl/α,β-unsaturated/α-hetero) is 1. The number of benzene rings is 2. The molecule has 0 saturated carbocycles. The Kier molecular flexibility index (Phi) is 8.39. The molecule has 0 bridgehead atoms. The Morgan fingerprint density at radius 1 is 0.968 bits per heavy atom. The van der Waals surface area contributed by atoms with E-state index in [0.29, 0.717) is 18.5 Å². The van der Waals surface area contributed by atoms with Crippen LogP contribution in [0.1, 0.15) is 61.4 Å². The Morgan fingerprint density at radius 2 is 1.65 bits per heavy atom. The zero-order chi connectivity index (χ0) is 22.1. The molecule has 2 aromatic rings. The fourth-order valence-corrected chi connectivity index (χ4v) is 4.21. The summed E-state index contributed by atoms with van der Waals surface area (Å²) in [6.07, 6.45) is 5.89. The van der Waals surface area contributed by atoms with E-state index in [1.165, 1.54) is 10.5 Å². The number of ketones is 1. The smallest absolute Gasteiger partial charge is 0.295 e. The first kappa shape index (κ1) is 22.7. The summed E-state index contributed by atoms with van der Waals surface area (Å²) >= 11 is 0. The maximum atomic E-state index is 13.2. The predicted molar refractivity (Wildman–Crippen MR) is 122 cm³/mol. The number of amides is 2. The van der Waals surface area contributed by atoms with Gasteiger partial charge in [-0.15, -0.1) is 0 Å². The van der Waals surface area contributed by atoms with E-state index < -0.39 is 17.7 Å². The van der Waals surface area contributed by atoms with Gasteiger partial charge in [0.1, 0.15) is 6.04 Å². The van der Waals surface area contributed by atoms with Crippen molar-refractivity contribution in [2.45, 2.75) is 64.0 Å². The summed E-state index contributed by atoms with van der Waals surface area (Å²) in [5, 5.41) is 3.18. The monoisotopic (exact) mass is 420 g/mol. The van der Waals surface area contributed by atoms with Gasteiger partial charge in [-0.2, -0.15) is 0 Å². The van der Waals surface area contributed by atoms with E-state index in [-0.39, 0.29) is 11.9 Å². The largest absolute Gasteiger partial charge is 0.352 e. The van der Waals surface area contributed by atoms with Crippen LogP contribution in [-0.4, -0.2) is 41.1 Å². The number of rotatable bonds is 9. The number of aryl methyl sites for hydroxylation is 1. The summed E-state index contributed by atoms with van der Waals surface area (Å²) in [6.45, 7) is 2.55. The van der Waals surface area contributed by atoms with Gasteiger partial charge in [0.05, 0.1) is 0 Å². The van der Waals surface area contributed by atoms with E-state index in [2.05, 4.69) is 24.4 Å². The molecule has 3 rings (SSSR count). The van der Waals surface area contributed by atoms with Crippen molar-refractivity contribution in [1.82, 2.24) is 10.2 Å². The van der Waals surface area contributed by atoms with Crippen LogP contribution in [0.3, 0.4) is 0 Å². The highest BCUT2D eigenvalue weighted by molar-refractivity contribution is 6.43. The van der Waals surface area contributed by atoms with Gasteiger partial charge >= 0.3 is 0 Å². The molecule has 1 aliphatic rings. The van der Waals surface area contributed by atoms with E-state index in [0.717, 1.165) is 38.5 Å². The standard InChI is InChI=1S/C26H32N2O3/c1-2-11-22(18-17-20-12-5-3-6-13-20)27-25(30)23-16-9-10-19-28(23)26(31)24(29)21-14-7-4-8-15-21/h3-8,12-15,22-23H,2,9-11,16-19H2,1H3,(H,27,30)/t22-,23-/m0/s1. The van der Waals surface area contributed by atoms with E-state index in [4.69, 9.17) is 0 Å². The highest BCUT2D eigenvalue weighted by atomic mass is 16.2. The molecule has 1 aliphatic heterocycles. The van der Waals surface area contributed by atoms with E-state index in [1.807, 2.05) is 24.3 Å². The predicted octanol–water partition coefficient (Wildman–Crippen LogP) is 4.17. The van der Waals surface area contributed by atoms with Crippen molar-refractivity contribution in [1.29, 1.82) is 0 Å². The lowest BCUT2D eigenvalue weighted by Crippen LogP contribution is -2.55. The molecule has 2 amide bonds. The molecule has 5 nitrogen and oxygen atoms in total. The van der Waals surface area contributed by atoms with Gasteiger partial charge in [0.2, 0.25) is 11.7 Å². The second-order valence-electron chi connectivity index (χ2n) is 8.22. The molecule has 1 N–H and O–H groups in total. The molecule has 1 saturated heterocycles. The Bertz CT molecular complexity index is 867. The minimum Gasteiger partial charge on any atom is -0.352 e. The van der Waals surface area contributed by atoms with E-state index in [1.54, 1.807) is 24.3 Å². The molecule has 0 aliphatic carbocycles. The zero-order valence-corrected chi connectivity index (χ0v) is 18.3. The Morgan fingerprint density at radius 3 is 2.32 bits per heavy atom. The quantitative estimate of drug-likeness (QED) is 0.489. The summed E-state index contributed by atoms with van der Waals surface area (Å²) in [4.78, 5) is 40.2. The summed E-state index contributed by atoms with van der Waals surface area (Å²) < 4.78 is 0. The molecule has 0 spiro atoms. The number of hydrogen-bond acceptors (Lipinski definition) is 3. The molecule has 1 heterocycles. The van der Waals surface area contributed by atoms with Crippen molar-refractivity contribution in [3.05, 3.63) is 71.8 Å². The molecule has 31 heavy (non-hydrogen) atoms. The minimum atomic E-state index is -0.581. The lowest BCUT2D eigenvalue weighted by Gasteiger charge is -2.35. The van der Waals surface area contributed by atoms with Gasteiger partial charge < -0.3 is 10.2 Å². The fraction of sp³-hybridized carbons (Fsp3) is 0.423. The maximum Gasteiger partial charge on any atom is 0.295 e. The van der Waals surface area contributed by atoms with Gasteiger partial charge in [0.15, 0.2) is 0 Å². The van der Waals surface area contributed by atoms with E-state index in [9.17, 15) is 14.4 Å². The molecule has 0 unspecified atom stereocenters. The second kappa shape index (κ2) is 11.4. The van der Waals surface area contributed by atoms with Crippen LogP contribution in [-0.2, 0) is 16.0 Å². The van der Waals surface area contributed by atoms with Crippen LogP contribution >= 0.6 is 0 Å². The average Bonchev–Trinajstić information content (AvgIpc) is 2.83. The third kappa shape index (κ3) is 6.27. The van der Waals surface area contributed by atoms with Crippen LogP contribution in [0, 0.1) is 0 Å². The second-order valence-corrected chi connectivity index (χ2v) is 8.22. The molecule has 0 radical (unpaired) electrons. The highest BCUT2D eigenvalue weighted by Crippen LogP contribution is 2.20. The van der Waals surface area contributed by atoms with Crippen LogP contribution in [0.4, 0.5) is 0 Å². The Hall–Kier alpha value is -2.95. The number of nitrogens with zero attached hydrogens (tertiary/aromatic N) is 1. The van der Waals surface area contributed by atoms with Gasteiger partial charge in [0, 0.05) is 18.2 Å². The zero-order valence-electron chi connectivity index (χ0n) is 18.3. The van der Waals surface area contributed by atoms with Gasteiger partial charge in [-0.1, -0.05) is 74.0 Å². The lowest BCUT2D eigenvalue weighted by atomic mass is 9.97. The third-order valence-corrected chi connectivity index (χ3v) is 5.90. The van der Waals surface area contributed by atoms with Crippen LogP contribution in [0.15, 0.2) is 60.7 Å². The molecule has 2 aromatic carbocycles. The van der Waals surface area contributed by atoms with Crippen molar-refractivity contribution in [3.8, 4) is 0 Å². The first-order valence-corrected chi connectivity index (χ1v) is 11.3. The van der Waals surface area contributed by atoms with Crippen molar-refractivity contribution in [2.24, 2.45) is 0 Å².